The van der Waals surface area contributed by atoms with Gasteiger partial charge in [-0.15, -0.1) is 0 Å². The smallest absolute Gasteiger partial charge is 0.238 e. The largest absolute Gasteiger partial charge is 0.456 e. The van der Waals surface area contributed by atoms with Gasteiger partial charge in [-0.1, -0.05) is 43.0 Å². The Labute approximate surface area is 200 Å². The lowest BCUT2D eigenvalue weighted by molar-refractivity contribution is -0.127. The summed E-state index contributed by atoms with van der Waals surface area (Å²) in [5.74, 6) is 1.63. The average Bonchev–Trinajstić information content (AvgIpc) is 2.83. The fourth-order valence-electron chi connectivity index (χ4n) is 4.58. The monoisotopic (exact) mass is 469 g/mol. The Morgan fingerprint density at radius 1 is 0.939 bits per heavy atom. The first-order valence-corrected chi connectivity index (χ1v) is 12.3. The standard InChI is InChI=1S/C26H32ClN3O3/c27-23-8-4-5-9-24(23)33-22-12-10-20(11-13-22)28-25(31)18-30-16-14-21(15-17-30)29-26(32)19-6-2-1-3-7-19/h4-5,8-13,19,21H,1-3,6-7,14-18H2,(H,28,31)(H,29,32). The quantitative estimate of drug-likeness (QED) is 0.582. The molecule has 1 aliphatic carbocycles. The molecular formula is C26H32ClN3O3. The van der Waals surface area contributed by atoms with E-state index in [0.717, 1.165) is 44.5 Å². The summed E-state index contributed by atoms with van der Waals surface area (Å²) >= 11 is 6.13. The molecule has 7 heteroatoms. The number of benzene rings is 2. The summed E-state index contributed by atoms with van der Waals surface area (Å²) in [4.78, 5) is 27.1. The van der Waals surface area contributed by atoms with Gasteiger partial charge in [0.05, 0.1) is 11.6 Å². The van der Waals surface area contributed by atoms with Crippen LogP contribution in [-0.4, -0.2) is 42.4 Å². The van der Waals surface area contributed by atoms with Gasteiger partial charge < -0.3 is 15.4 Å². The Morgan fingerprint density at radius 2 is 1.64 bits per heavy atom. The number of rotatable bonds is 7. The van der Waals surface area contributed by atoms with Crippen LogP contribution in [0.4, 0.5) is 5.69 Å². The van der Waals surface area contributed by atoms with Gasteiger partial charge in [0.2, 0.25) is 11.8 Å². The minimum atomic E-state index is -0.0422. The number of nitrogens with zero attached hydrogens (tertiary/aromatic N) is 1. The summed E-state index contributed by atoms with van der Waals surface area (Å²) in [6.45, 7) is 1.97. The Kier molecular flexibility index (Phi) is 8.24. The molecule has 0 bridgehead atoms. The fraction of sp³-hybridized carbons (Fsp3) is 0.462. The van der Waals surface area contributed by atoms with E-state index in [4.69, 9.17) is 16.3 Å². The molecule has 4 rings (SSSR count). The second kappa shape index (κ2) is 11.5. The number of para-hydroxylation sites is 1. The van der Waals surface area contributed by atoms with Gasteiger partial charge in [-0.2, -0.15) is 0 Å². The number of hydrogen-bond donors (Lipinski definition) is 2. The van der Waals surface area contributed by atoms with Crippen molar-refractivity contribution in [1.29, 1.82) is 0 Å². The van der Waals surface area contributed by atoms with Gasteiger partial charge >= 0.3 is 0 Å². The minimum absolute atomic E-state index is 0.0422. The van der Waals surface area contributed by atoms with E-state index in [2.05, 4.69) is 15.5 Å². The molecule has 33 heavy (non-hydrogen) atoms. The topological polar surface area (TPSA) is 70.7 Å². The molecule has 0 atom stereocenters. The van der Waals surface area contributed by atoms with E-state index in [1.165, 1.54) is 19.3 Å². The molecule has 2 aromatic rings. The van der Waals surface area contributed by atoms with Crippen LogP contribution < -0.4 is 15.4 Å². The minimum Gasteiger partial charge on any atom is -0.456 e. The third-order valence-electron chi connectivity index (χ3n) is 6.48. The Morgan fingerprint density at radius 3 is 2.33 bits per heavy atom. The molecule has 1 aliphatic heterocycles. The molecule has 2 N–H and O–H groups in total. The molecule has 1 heterocycles. The van der Waals surface area contributed by atoms with E-state index < -0.39 is 0 Å². The third kappa shape index (κ3) is 6.95. The second-order valence-corrected chi connectivity index (χ2v) is 9.41. The molecule has 2 aliphatic rings. The van der Waals surface area contributed by atoms with E-state index in [0.29, 0.717) is 23.1 Å². The Balaban J connectivity index is 1.18. The number of nitrogens with one attached hydrogen (secondary N) is 2. The van der Waals surface area contributed by atoms with Crippen LogP contribution >= 0.6 is 11.6 Å². The average molecular weight is 470 g/mol. The van der Waals surface area contributed by atoms with Gasteiger partial charge in [0.15, 0.2) is 0 Å². The number of likely N-dealkylation sites (tertiary alicyclic amines) is 1. The second-order valence-electron chi connectivity index (χ2n) is 9.00. The number of halogens is 1. The highest BCUT2D eigenvalue weighted by atomic mass is 35.5. The first kappa shape index (κ1) is 23.6. The number of ether oxygens (including phenoxy) is 1. The van der Waals surface area contributed by atoms with Gasteiger partial charge in [0, 0.05) is 30.7 Å². The van der Waals surface area contributed by atoms with Crippen molar-refractivity contribution in [3.63, 3.8) is 0 Å². The van der Waals surface area contributed by atoms with E-state index in [1.54, 1.807) is 18.2 Å². The van der Waals surface area contributed by atoms with Crippen molar-refractivity contribution < 1.29 is 14.3 Å². The van der Waals surface area contributed by atoms with Crippen molar-refractivity contribution in [1.82, 2.24) is 10.2 Å². The number of piperidine rings is 1. The molecule has 2 fully saturated rings. The molecule has 0 unspecified atom stereocenters. The van der Waals surface area contributed by atoms with Crippen LogP contribution in [0.1, 0.15) is 44.9 Å². The highest BCUT2D eigenvalue weighted by Crippen LogP contribution is 2.29. The molecule has 0 spiro atoms. The van der Waals surface area contributed by atoms with Crippen LogP contribution in [0, 0.1) is 5.92 Å². The highest BCUT2D eigenvalue weighted by molar-refractivity contribution is 6.32. The number of anilines is 1. The lowest BCUT2D eigenvalue weighted by Gasteiger charge is -2.33. The highest BCUT2D eigenvalue weighted by Gasteiger charge is 2.26. The van der Waals surface area contributed by atoms with Crippen molar-refractivity contribution in [2.45, 2.75) is 51.0 Å². The number of hydrogen-bond acceptors (Lipinski definition) is 4. The Hall–Kier alpha value is -2.57. The molecule has 1 saturated heterocycles. The van der Waals surface area contributed by atoms with Gasteiger partial charge in [0.1, 0.15) is 11.5 Å². The summed E-state index contributed by atoms with van der Waals surface area (Å²) < 4.78 is 5.78. The zero-order chi connectivity index (χ0) is 23.0. The summed E-state index contributed by atoms with van der Waals surface area (Å²) in [6.07, 6.45) is 7.42. The predicted octanol–water partition coefficient (Wildman–Crippen LogP) is 5.23. The molecule has 176 valence electrons. The van der Waals surface area contributed by atoms with Gasteiger partial charge in [-0.05, 0) is 62.1 Å². The van der Waals surface area contributed by atoms with Crippen molar-refractivity contribution in [3.8, 4) is 11.5 Å². The van der Waals surface area contributed by atoms with Crippen molar-refractivity contribution >= 4 is 29.1 Å². The van der Waals surface area contributed by atoms with Crippen LogP contribution in [0.3, 0.4) is 0 Å². The van der Waals surface area contributed by atoms with Gasteiger partial charge in [-0.3, -0.25) is 14.5 Å². The first-order valence-electron chi connectivity index (χ1n) is 11.9. The van der Waals surface area contributed by atoms with E-state index in [9.17, 15) is 9.59 Å². The lowest BCUT2D eigenvalue weighted by atomic mass is 9.88. The third-order valence-corrected chi connectivity index (χ3v) is 6.79. The van der Waals surface area contributed by atoms with Gasteiger partial charge in [-0.25, -0.2) is 0 Å². The number of carbonyl (C=O) groups is 2. The number of carbonyl (C=O) groups excluding carboxylic acids is 2. The van der Waals surface area contributed by atoms with E-state index >= 15 is 0 Å². The van der Waals surface area contributed by atoms with Crippen LogP contribution in [0.25, 0.3) is 0 Å². The molecule has 2 aromatic carbocycles. The van der Waals surface area contributed by atoms with Crippen LogP contribution in [0.15, 0.2) is 48.5 Å². The van der Waals surface area contributed by atoms with Crippen LogP contribution in [0.2, 0.25) is 5.02 Å². The normalized spacial score (nSPS) is 18.0. The zero-order valence-corrected chi connectivity index (χ0v) is 19.7. The molecule has 1 saturated carbocycles. The summed E-state index contributed by atoms with van der Waals surface area (Å²) in [5.41, 5.74) is 0.723. The maximum atomic E-state index is 12.5. The van der Waals surface area contributed by atoms with Crippen molar-refractivity contribution in [3.05, 3.63) is 53.6 Å². The summed E-state index contributed by atoms with van der Waals surface area (Å²) in [7, 11) is 0. The Bertz CT molecular complexity index is 936. The lowest BCUT2D eigenvalue weighted by Crippen LogP contribution is -2.48. The van der Waals surface area contributed by atoms with Crippen molar-refractivity contribution in [2.24, 2.45) is 5.92 Å². The fourth-order valence-corrected chi connectivity index (χ4v) is 4.76. The molecule has 6 nitrogen and oxygen atoms in total. The maximum Gasteiger partial charge on any atom is 0.238 e. The van der Waals surface area contributed by atoms with Gasteiger partial charge in [0.25, 0.3) is 0 Å². The van der Waals surface area contributed by atoms with Crippen molar-refractivity contribution in [2.75, 3.05) is 25.0 Å². The summed E-state index contributed by atoms with van der Waals surface area (Å²) in [5, 5.41) is 6.74. The zero-order valence-electron chi connectivity index (χ0n) is 18.9. The molecule has 0 radical (unpaired) electrons. The summed E-state index contributed by atoms with van der Waals surface area (Å²) in [6, 6.07) is 14.8. The first-order chi connectivity index (χ1) is 16.1. The molecule has 0 aromatic heterocycles. The van der Waals surface area contributed by atoms with E-state index in [-0.39, 0.29) is 23.8 Å². The number of amides is 2. The predicted molar refractivity (Wildman–Crippen MR) is 131 cm³/mol. The van der Waals surface area contributed by atoms with Crippen LogP contribution in [0.5, 0.6) is 11.5 Å². The van der Waals surface area contributed by atoms with Crippen LogP contribution in [-0.2, 0) is 9.59 Å². The molecular weight excluding hydrogens is 438 g/mol. The SMILES string of the molecule is O=C(CN1CCC(NC(=O)C2CCCCC2)CC1)Nc1ccc(Oc2ccccc2Cl)cc1. The maximum absolute atomic E-state index is 12.5. The van der Waals surface area contributed by atoms with E-state index in [1.807, 2.05) is 30.3 Å². The molecule has 2 amide bonds.